The molecule has 0 bridgehead atoms. The van der Waals surface area contributed by atoms with Gasteiger partial charge in [0.1, 0.15) is 5.82 Å². The van der Waals surface area contributed by atoms with Crippen LogP contribution in [0.2, 0.25) is 5.02 Å². The number of halogens is 1. The first-order valence-electron chi connectivity index (χ1n) is 5.64. The number of rotatable bonds is 4. The Morgan fingerprint density at radius 1 is 1.32 bits per heavy atom. The molecule has 1 heterocycles. The summed E-state index contributed by atoms with van der Waals surface area (Å²) in [6.07, 6.45) is 1.52. The Labute approximate surface area is 115 Å². The third kappa shape index (κ3) is 3.67. The van der Waals surface area contributed by atoms with Crippen molar-refractivity contribution in [3.63, 3.8) is 0 Å². The van der Waals surface area contributed by atoms with Crippen LogP contribution in [0.3, 0.4) is 0 Å². The van der Waals surface area contributed by atoms with Crippen LogP contribution in [0.5, 0.6) is 0 Å². The molecule has 4 N–H and O–H groups in total. The Kier molecular flexibility index (Phi) is 4.33. The van der Waals surface area contributed by atoms with E-state index < -0.39 is 0 Å². The molecular formula is C13H13ClN4O. The third-order valence-corrected chi connectivity index (χ3v) is 2.75. The van der Waals surface area contributed by atoms with E-state index in [9.17, 15) is 4.79 Å². The molecule has 0 saturated heterocycles. The lowest BCUT2D eigenvalue weighted by molar-refractivity contribution is 0.0951. The minimum atomic E-state index is -0.195. The van der Waals surface area contributed by atoms with E-state index in [-0.39, 0.29) is 5.91 Å². The van der Waals surface area contributed by atoms with Crippen molar-refractivity contribution < 1.29 is 4.79 Å². The van der Waals surface area contributed by atoms with Crippen molar-refractivity contribution in [1.29, 1.82) is 0 Å². The number of hydrogen-bond acceptors (Lipinski definition) is 4. The van der Waals surface area contributed by atoms with E-state index in [1.165, 1.54) is 6.20 Å². The summed E-state index contributed by atoms with van der Waals surface area (Å²) in [5, 5.41) is 3.44. The van der Waals surface area contributed by atoms with Crippen LogP contribution in [0.4, 0.5) is 5.82 Å². The fourth-order valence-electron chi connectivity index (χ4n) is 1.58. The second kappa shape index (κ2) is 6.17. The number of nitrogens with two attached hydrogens (primary N) is 1. The van der Waals surface area contributed by atoms with Crippen LogP contribution in [0, 0.1) is 0 Å². The molecular weight excluding hydrogens is 264 g/mol. The highest BCUT2D eigenvalue weighted by atomic mass is 35.5. The van der Waals surface area contributed by atoms with Gasteiger partial charge in [-0.05, 0) is 29.8 Å². The predicted octanol–water partition coefficient (Wildman–Crippen LogP) is 1.95. The summed E-state index contributed by atoms with van der Waals surface area (Å²) in [6.45, 7) is 0.410. The largest absolute Gasteiger partial charge is 0.348 e. The molecule has 0 radical (unpaired) electrons. The van der Waals surface area contributed by atoms with E-state index in [0.29, 0.717) is 22.9 Å². The van der Waals surface area contributed by atoms with Gasteiger partial charge in [0.2, 0.25) is 0 Å². The summed E-state index contributed by atoms with van der Waals surface area (Å²) in [6, 6.07) is 10.5. The average molecular weight is 277 g/mol. The predicted molar refractivity (Wildman–Crippen MR) is 74.7 cm³/mol. The zero-order valence-electron chi connectivity index (χ0n) is 10.1. The normalized spacial score (nSPS) is 10.0. The minimum Gasteiger partial charge on any atom is -0.348 e. The lowest BCUT2D eigenvalue weighted by Gasteiger charge is -2.06. The molecule has 6 heteroatoms. The number of anilines is 1. The summed E-state index contributed by atoms with van der Waals surface area (Å²) in [5.74, 6) is 5.49. The smallest absolute Gasteiger partial charge is 0.251 e. The fraction of sp³-hybridized carbons (Fsp3) is 0.0769. The number of carbonyl (C=O) groups excluding carboxylic acids is 1. The van der Waals surface area contributed by atoms with Crippen molar-refractivity contribution in [3.05, 3.63) is 58.7 Å². The molecule has 1 amide bonds. The van der Waals surface area contributed by atoms with Gasteiger partial charge in [-0.15, -0.1) is 0 Å². The Hall–Kier alpha value is -2.11. The molecule has 0 fully saturated rings. The SMILES string of the molecule is NNc1cc(C(=O)NCc2cccc(Cl)c2)ccn1. The van der Waals surface area contributed by atoms with E-state index in [4.69, 9.17) is 17.4 Å². The van der Waals surface area contributed by atoms with Gasteiger partial charge in [0.25, 0.3) is 5.91 Å². The van der Waals surface area contributed by atoms with Gasteiger partial charge in [0.05, 0.1) is 0 Å². The molecule has 0 spiro atoms. The Morgan fingerprint density at radius 2 is 2.16 bits per heavy atom. The number of aromatic nitrogens is 1. The third-order valence-electron chi connectivity index (χ3n) is 2.51. The molecule has 1 aromatic carbocycles. The van der Waals surface area contributed by atoms with Crippen LogP contribution in [0.15, 0.2) is 42.6 Å². The van der Waals surface area contributed by atoms with Crippen LogP contribution >= 0.6 is 11.6 Å². The molecule has 19 heavy (non-hydrogen) atoms. The highest BCUT2D eigenvalue weighted by Gasteiger charge is 2.06. The monoisotopic (exact) mass is 276 g/mol. The molecule has 5 nitrogen and oxygen atoms in total. The second-order valence-electron chi connectivity index (χ2n) is 3.89. The summed E-state index contributed by atoms with van der Waals surface area (Å²) < 4.78 is 0. The fourth-order valence-corrected chi connectivity index (χ4v) is 1.79. The zero-order chi connectivity index (χ0) is 13.7. The number of nitrogens with one attached hydrogen (secondary N) is 2. The molecule has 0 unspecified atom stereocenters. The van der Waals surface area contributed by atoms with Gasteiger partial charge in [-0.1, -0.05) is 23.7 Å². The lowest BCUT2D eigenvalue weighted by atomic mass is 10.2. The van der Waals surface area contributed by atoms with E-state index >= 15 is 0 Å². The van der Waals surface area contributed by atoms with Crippen LogP contribution in [0.25, 0.3) is 0 Å². The summed E-state index contributed by atoms with van der Waals surface area (Å²) in [5.41, 5.74) is 3.82. The molecule has 2 aromatic rings. The zero-order valence-corrected chi connectivity index (χ0v) is 10.8. The van der Waals surface area contributed by atoms with Gasteiger partial charge >= 0.3 is 0 Å². The van der Waals surface area contributed by atoms with Gasteiger partial charge in [0, 0.05) is 23.3 Å². The Bertz CT molecular complexity index is 588. The number of carbonyl (C=O) groups is 1. The van der Waals surface area contributed by atoms with Crippen molar-refractivity contribution in [2.75, 3.05) is 5.43 Å². The highest BCUT2D eigenvalue weighted by molar-refractivity contribution is 6.30. The van der Waals surface area contributed by atoms with Crippen molar-refractivity contribution in [2.24, 2.45) is 5.84 Å². The summed E-state index contributed by atoms with van der Waals surface area (Å²) in [7, 11) is 0. The molecule has 0 atom stereocenters. The van der Waals surface area contributed by atoms with Crippen LogP contribution in [-0.4, -0.2) is 10.9 Å². The molecule has 98 valence electrons. The number of benzene rings is 1. The van der Waals surface area contributed by atoms with Gasteiger partial charge in [-0.3, -0.25) is 4.79 Å². The molecule has 1 aromatic heterocycles. The van der Waals surface area contributed by atoms with Crippen molar-refractivity contribution in [1.82, 2.24) is 10.3 Å². The first-order chi connectivity index (χ1) is 9.19. The number of pyridine rings is 1. The number of amides is 1. The maximum atomic E-state index is 11.9. The first-order valence-corrected chi connectivity index (χ1v) is 6.02. The molecule has 0 aliphatic rings. The molecule has 0 saturated carbocycles. The van der Waals surface area contributed by atoms with Gasteiger partial charge < -0.3 is 10.7 Å². The molecule has 0 aliphatic heterocycles. The standard InChI is InChI=1S/C13H13ClN4O/c14-11-3-1-2-9(6-11)8-17-13(19)10-4-5-16-12(7-10)18-15/h1-7H,8,15H2,(H,16,18)(H,17,19). The number of hydrazine groups is 1. The van der Waals surface area contributed by atoms with Crippen LogP contribution < -0.4 is 16.6 Å². The summed E-state index contributed by atoms with van der Waals surface area (Å²) >= 11 is 5.87. The first kappa shape index (κ1) is 13.3. The number of nitrogen functional groups attached to an aromatic ring is 1. The maximum absolute atomic E-state index is 11.9. The average Bonchev–Trinajstić information content (AvgIpc) is 2.45. The van der Waals surface area contributed by atoms with Crippen LogP contribution in [0.1, 0.15) is 15.9 Å². The van der Waals surface area contributed by atoms with Crippen molar-refractivity contribution in [2.45, 2.75) is 6.54 Å². The highest BCUT2D eigenvalue weighted by Crippen LogP contribution is 2.11. The van der Waals surface area contributed by atoms with E-state index in [2.05, 4.69) is 15.7 Å². The Balaban J connectivity index is 2.01. The maximum Gasteiger partial charge on any atom is 0.251 e. The molecule has 0 aliphatic carbocycles. The Morgan fingerprint density at radius 3 is 2.89 bits per heavy atom. The van der Waals surface area contributed by atoms with Crippen molar-refractivity contribution >= 4 is 23.3 Å². The number of hydrogen-bond donors (Lipinski definition) is 3. The minimum absolute atomic E-state index is 0.195. The topological polar surface area (TPSA) is 80.0 Å². The van der Waals surface area contributed by atoms with Gasteiger partial charge in [-0.25, -0.2) is 10.8 Å². The van der Waals surface area contributed by atoms with Crippen molar-refractivity contribution in [3.8, 4) is 0 Å². The summed E-state index contributed by atoms with van der Waals surface area (Å²) in [4.78, 5) is 15.9. The lowest BCUT2D eigenvalue weighted by Crippen LogP contribution is -2.23. The quantitative estimate of drug-likeness (QED) is 0.589. The van der Waals surface area contributed by atoms with E-state index in [0.717, 1.165) is 5.56 Å². The van der Waals surface area contributed by atoms with Gasteiger partial charge in [0.15, 0.2) is 0 Å². The van der Waals surface area contributed by atoms with E-state index in [1.807, 2.05) is 12.1 Å². The van der Waals surface area contributed by atoms with Gasteiger partial charge in [-0.2, -0.15) is 0 Å². The molecule has 2 rings (SSSR count). The second-order valence-corrected chi connectivity index (χ2v) is 4.32. The van der Waals surface area contributed by atoms with Crippen LogP contribution in [-0.2, 0) is 6.54 Å². The number of nitrogens with zero attached hydrogens (tertiary/aromatic N) is 1. The van der Waals surface area contributed by atoms with E-state index in [1.54, 1.807) is 24.3 Å².